The van der Waals surface area contributed by atoms with Crippen LogP contribution in [0.25, 0.3) is 0 Å². The average molecular weight is 214 g/mol. The van der Waals surface area contributed by atoms with Crippen molar-refractivity contribution in [3.05, 3.63) is 0 Å². The first-order valence-electron chi connectivity index (χ1n) is 6.36. The summed E-state index contributed by atoms with van der Waals surface area (Å²) < 4.78 is 5.32. The van der Waals surface area contributed by atoms with E-state index in [-0.39, 0.29) is 0 Å². The Kier molecular flexibility index (Phi) is 6.98. The van der Waals surface area contributed by atoms with Crippen LogP contribution in [0.15, 0.2) is 0 Å². The highest BCUT2D eigenvalue weighted by Crippen LogP contribution is 1.98. The first kappa shape index (κ1) is 12.9. The number of nitrogens with one attached hydrogen (secondary N) is 1. The molecule has 0 radical (unpaired) electrons. The highest BCUT2D eigenvalue weighted by molar-refractivity contribution is 4.64. The van der Waals surface area contributed by atoms with Crippen molar-refractivity contribution in [3.63, 3.8) is 0 Å². The van der Waals surface area contributed by atoms with Crippen molar-refractivity contribution in [2.45, 2.75) is 39.2 Å². The van der Waals surface area contributed by atoms with Crippen LogP contribution < -0.4 is 5.32 Å². The Labute approximate surface area is 94.2 Å². The van der Waals surface area contributed by atoms with E-state index in [1.54, 1.807) is 0 Å². The summed E-state index contributed by atoms with van der Waals surface area (Å²) in [5, 5.41) is 3.57. The lowest BCUT2D eigenvalue weighted by Gasteiger charge is -2.26. The third-order valence-corrected chi connectivity index (χ3v) is 2.97. The molecule has 1 saturated heterocycles. The van der Waals surface area contributed by atoms with Crippen LogP contribution in [0, 0.1) is 0 Å². The maximum atomic E-state index is 5.32. The Hall–Kier alpha value is -0.120. The minimum absolute atomic E-state index is 0.680. The maximum absolute atomic E-state index is 5.32. The summed E-state index contributed by atoms with van der Waals surface area (Å²) >= 11 is 0. The standard InChI is InChI=1S/C12H26N2O/c1-3-5-12(2)13-6-4-7-14-8-10-15-11-9-14/h12-13H,3-11H2,1-2H3. The molecular weight excluding hydrogens is 188 g/mol. The zero-order valence-corrected chi connectivity index (χ0v) is 10.3. The van der Waals surface area contributed by atoms with Crippen molar-refractivity contribution in [1.29, 1.82) is 0 Å². The molecule has 1 unspecified atom stereocenters. The number of hydrogen-bond acceptors (Lipinski definition) is 3. The monoisotopic (exact) mass is 214 g/mol. The molecule has 0 aromatic heterocycles. The molecule has 1 N–H and O–H groups in total. The van der Waals surface area contributed by atoms with Crippen molar-refractivity contribution in [2.24, 2.45) is 0 Å². The Morgan fingerprint density at radius 1 is 1.33 bits per heavy atom. The van der Waals surface area contributed by atoms with Gasteiger partial charge in [-0.15, -0.1) is 0 Å². The number of nitrogens with zero attached hydrogens (tertiary/aromatic N) is 1. The molecule has 0 aliphatic carbocycles. The number of hydrogen-bond donors (Lipinski definition) is 1. The van der Waals surface area contributed by atoms with Gasteiger partial charge in [0.15, 0.2) is 0 Å². The topological polar surface area (TPSA) is 24.5 Å². The van der Waals surface area contributed by atoms with E-state index in [9.17, 15) is 0 Å². The van der Waals surface area contributed by atoms with E-state index < -0.39 is 0 Å². The normalized spacial score (nSPS) is 20.4. The van der Waals surface area contributed by atoms with Gasteiger partial charge in [0.2, 0.25) is 0 Å². The molecule has 1 atom stereocenters. The fourth-order valence-corrected chi connectivity index (χ4v) is 2.01. The average Bonchev–Trinajstić information content (AvgIpc) is 2.26. The van der Waals surface area contributed by atoms with E-state index in [1.165, 1.54) is 25.8 Å². The third kappa shape index (κ3) is 6.13. The van der Waals surface area contributed by atoms with Gasteiger partial charge in [-0.3, -0.25) is 4.90 Å². The van der Waals surface area contributed by atoms with E-state index in [2.05, 4.69) is 24.1 Å². The molecule has 0 bridgehead atoms. The van der Waals surface area contributed by atoms with Gasteiger partial charge in [0.25, 0.3) is 0 Å². The summed E-state index contributed by atoms with van der Waals surface area (Å²) in [5.41, 5.74) is 0. The van der Waals surface area contributed by atoms with Crippen molar-refractivity contribution < 1.29 is 4.74 Å². The number of morpholine rings is 1. The fourth-order valence-electron chi connectivity index (χ4n) is 2.01. The molecule has 0 aromatic carbocycles. The Balaban J connectivity index is 1.91. The first-order valence-corrected chi connectivity index (χ1v) is 6.36. The lowest BCUT2D eigenvalue weighted by molar-refractivity contribution is 0.0374. The smallest absolute Gasteiger partial charge is 0.0594 e. The van der Waals surface area contributed by atoms with Gasteiger partial charge in [0.1, 0.15) is 0 Å². The van der Waals surface area contributed by atoms with E-state index in [0.717, 1.165) is 32.8 Å². The summed E-state index contributed by atoms with van der Waals surface area (Å²) in [7, 11) is 0. The largest absolute Gasteiger partial charge is 0.379 e. The van der Waals surface area contributed by atoms with Gasteiger partial charge in [-0.25, -0.2) is 0 Å². The lowest BCUT2D eigenvalue weighted by atomic mass is 10.2. The molecule has 3 heteroatoms. The molecule has 15 heavy (non-hydrogen) atoms. The predicted molar refractivity (Wildman–Crippen MR) is 64.2 cm³/mol. The second-order valence-corrected chi connectivity index (χ2v) is 4.45. The molecular formula is C12H26N2O. The van der Waals surface area contributed by atoms with Crippen molar-refractivity contribution in [3.8, 4) is 0 Å². The second kappa shape index (κ2) is 8.08. The molecule has 3 nitrogen and oxygen atoms in total. The van der Waals surface area contributed by atoms with E-state index in [1.807, 2.05) is 0 Å². The summed E-state index contributed by atoms with van der Waals surface area (Å²) in [6, 6.07) is 0.680. The zero-order chi connectivity index (χ0) is 10.9. The van der Waals surface area contributed by atoms with Crippen LogP contribution in [0.1, 0.15) is 33.1 Å². The van der Waals surface area contributed by atoms with Crippen molar-refractivity contribution in [2.75, 3.05) is 39.4 Å². The van der Waals surface area contributed by atoms with Gasteiger partial charge >= 0.3 is 0 Å². The molecule has 1 aliphatic heterocycles. The molecule has 0 aromatic rings. The maximum Gasteiger partial charge on any atom is 0.0594 e. The van der Waals surface area contributed by atoms with Crippen LogP contribution in [-0.2, 0) is 4.74 Å². The zero-order valence-electron chi connectivity index (χ0n) is 10.3. The van der Waals surface area contributed by atoms with E-state index in [0.29, 0.717) is 6.04 Å². The second-order valence-electron chi connectivity index (χ2n) is 4.45. The van der Waals surface area contributed by atoms with Gasteiger partial charge in [-0.1, -0.05) is 13.3 Å². The summed E-state index contributed by atoms with van der Waals surface area (Å²) in [4.78, 5) is 2.50. The number of ether oxygens (including phenoxy) is 1. The summed E-state index contributed by atoms with van der Waals surface area (Å²) in [6.07, 6.45) is 3.82. The van der Waals surface area contributed by atoms with Gasteiger partial charge in [-0.2, -0.15) is 0 Å². The van der Waals surface area contributed by atoms with E-state index in [4.69, 9.17) is 4.74 Å². The highest BCUT2D eigenvalue weighted by atomic mass is 16.5. The highest BCUT2D eigenvalue weighted by Gasteiger charge is 2.09. The van der Waals surface area contributed by atoms with E-state index >= 15 is 0 Å². The molecule has 1 fully saturated rings. The Bertz CT molecular complexity index is 147. The minimum Gasteiger partial charge on any atom is -0.379 e. The van der Waals surface area contributed by atoms with Crippen LogP contribution >= 0.6 is 0 Å². The van der Waals surface area contributed by atoms with Crippen LogP contribution in [-0.4, -0.2) is 50.3 Å². The van der Waals surface area contributed by atoms with Gasteiger partial charge < -0.3 is 10.1 Å². The number of rotatable bonds is 7. The van der Waals surface area contributed by atoms with Gasteiger partial charge in [-0.05, 0) is 32.9 Å². The molecule has 0 amide bonds. The molecule has 90 valence electrons. The Morgan fingerprint density at radius 3 is 2.73 bits per heavy atom. The van der Waals surface area contributed by atoms with Crippen LogP contribution in [0.4, 0.5) is 0 Å². The van der Waals surface area contributed by atoms with Crippen LogP contribution in [0.2, 0.25) is 0 Å². The summed E-state index contributed by atoms with van der Waals surface area (Å²) in [5.74, 6) is 0. The Morgan fingerprint density at radius 2 is 2.07 bits per heavy atom. The predicted octanol–water partition coefficient (Wildman–Crippen LogP) is 1.49. The molecule has 0 spiro atoms. The molecule has 0 saturated carbocycles. The third-order valence-electron chi connectivity index (χ3n) is 2.97. The van der Waals surface area contributed by atoms with Crippen LogP contribution in [0.3, 0.4) is 0 Å². The quantitative estimate of drug-likeness (QED) is 0.650. The summed E-state index contributed by atoms with van der Waals surface area (Å²) in [6.45, 7) is 11.0. The van der Waals surface area contributed by atoms with Gasteiger partial charge in [0.05, 0.1) is 13.2 Å². The molecule has 1 aliphatic rings. The fraction of sp³-hybridized carbons (Fsp3) is 1.00. The first-order chi connectivity index (χ1) is 7.33. The SMILES string of the molecule is CCCC(C)NCCCN1CCOCC1. The lowest BCUT2D eigenvalue weighted by Crippen LogP contribution is -2.38. The minimum atomic E-state index is 0.680. The van der Waals surface area contributed by atoms with Crippen molar-refractivity contribution >= 4 is 0 Å². The molecule has 1 heterocycles. The van der Waals surface area contributed by atoms with Crippen molar-refractivity contribution in [1.82, 2.24) is 10.2 Å². The molecule has 1 rings (SSSR count). The van der Waals surface area contributed by atoms with Crippen LogP contribution in [0.5, 0.6) is 0 Å². The van der Waals surface area contributed by atoms with Gasteiger partial charge in [0, 0.05) is 19.1 Å².